The number of amides is 2. The first-order chi connectivity index (χ1) is 16.0. The highest BCUT2D eigenvalue weighted by Gasteiger charge is 2.76. The number of nitrogens with one attached hydrogen (secondary N) is 1. The monoisotopic (exact) mass is 448 g/mol. The smallest absolute Gasteiger partial charge is 0.274 e. The Labute approximate surface area is 193 Å². The van der Waals surface area contributed by atoms with E-state index in [-0.39, 0.29) is 23.3 Å². The number of hydrogen-bond donors (Lipinski definition) is 1. The van der Waals surface area contributed by atoms with Crippen molar-refractivity contribution < 1.29 is 14.3 Å². The Kier molecular flexibility index (Phi) is 4.13. The van der Waals surface area contributed by atoms with E-state index in [0.717, 1.165) is 37.1 Å². The fourth-order valence-corrected chi connectivity index (χ4v) is 8.23. The van der Waals surface area contributed by atoms with Gasteiger partial charge >= 0.3 is 0 Å². The van der Waals surface area contributed by atoms with Crippen LogP contribution in [0.2, 0.25) is 0 Å². The molecule has 5 unspecified atom stereocenters. The topological polar surface area (TPSA) is 75.9 Å². The highest BCUT2D eigenvalue weighted by Crippen LogP contribution is 2.84. The van der Waals surface area contributed by atoms with Gasteiger partial charge in [-0.05, 0) is 85.7 Å². The molecule has 1 saturated heterocycles. The highest BCUT2D eigenvalue weighted by molar-refractivity contribution is 5.94. The Bertz CT molecular complexity index is 1160. The van der Waals surface area contributed by atoms with Crippen molar-refractivity contribution in [2.45, 2.75) is 57.4 Å². The first-order valence-corrected chi connectivity index (χ1v) is 12.6. The van der Waals surface area contributed by atoms with E-state index in [1.807, 2.05) is 27.5 Å². The number of nitrogens with zero attached hydrogens (tertiary/aromatic N) is 3. The van der Waals surface area contributed by atoms with Crippen molar-refractivity contribution in [1.29, 1.82) is 0 Å². The van der Waals surface area contributed by atoms with Crippen molar-refractivity contribution in [2.75, 3.05) is 25.6 Å². The molecule has 2 aromatic rings. The van der Waals surface area contributed by atoms with Crippen LogP contribution < -0.4 is 5.32 Å². The van der Waals surface area contributed by atoms with Crippen LogP contribution in [0.5, 0.6) is 0 Å². The number of aromatic nitrogens is 2. The molecular formula is C26H32N4O3. The van der Waals surface area contributed by atoms with Gasteiger partial charge in [-0.3, -0.25) is 14.0 Å². The highest BCUT2D eigenvalue weighted by atomic mass is 16.5. The van der Waals surface area contributed by atoms with E-state index < -0.39 is 0 Å². The van der Waals surface area contributed by atoms with Crippen LogP contribution in [0.3, 0.4) is 0 Å². The Hall–Kier alpha value is -2.41. The number of fused-ring (bicyclic) bond motifs is 3. The SMILES string of the molecule is COC[C@@H]1CCCN1C(=O)c1cn2c(NC(=O)CC34CC5CC5C5(CC5C3)C4)cccc2n1. The molecule has 2 amide bonds. The average Bonchev–Trinajstić information content (AvgIpc) is 3.49. The number of likely N-dealkylation sites (tertiary alicyclic amines) is 1. The van der Waals surface area contributed by atoms with E-state index >= 15 is 0 Å². The zero-order chi connectivity index (χ0) is 22.4. The van der Waals surface area contributed by atoms with Crippen LogP contribution in [0.1, 0.15) is 61.9 Å². The van der Waals surface area contributed by atoms with Crippen LogP contribution in [0.25, 0.3) is 5.65 Å². The second-order valence-corrected chi connectivity index (χ2v) is 11.6. The van der Waals surface area contributed by atoms with Gasteiger partial charge in [0.1, 0.15) is 17.2 Å². The Morgan fingerprint density at radius 3 is 3.06 bits per heavy atom. The molecule has 2 bridgehead atoms. The van der Waals surface area contributed by atoms with E-state index in [4.69, 9.17) is 4.74 Å². The lowest BCUT2D eigenvalue weighted by Gasteiger charge is -2.35. The molecule has 0 radical (unpaired) electrons. The Morgan fingerprint density at radius 2 is 2.18 bits per heavy atom. The Balaban J connectivity index is 1.09. The number of hydrogen-bond acceptors (Lipinski definition) is 4. The molecule has 5 aliphatic rings. The van der Waals surface area contributed by atoms with Gasteiger partial charge in [0, 0.05) is 26.3 Å². The fourth-order valence-electron chi connectivity index (χ4n) is 8.23. The molecule has 1 spiro atoms. The number of carbonyl (C=O) groups is 2. The van der Waals surface area contributed by atoms with Gasteiger partial charge in [-0.15, -0.1) is 0 Å². The predicted molar refractivity (Wildman–Crippen MR) is 123 cm³/mol. The number of pyridine rings is 1. The van der Waals surface area contributed by atoms with Gasteiger partial charge in [0.05, 0.1) is 12.6 Å². The van der Waals surface area contributed by atoms with E-state index in [0.29, 0.717) is 35.6 Å². The molecular weight excluding hydrogens is 416 g/mol. The number of rotatable bonds is 6. The third kappa shape index (κ3) is 3.00. The second-order valence-electron chi connectivity index (χ2n) is 11.6. The van der Waals surface area contributed by atoms with Crippen LogP contribution in [0.15, 0.2) is 24.4 Å². The maximum atomic E-state index is 13.2. The Morgan fingerprint density at radius 1 is 1.27 bits per heavy atom. The summed E-state index contributed by atoms with van der Waals surface area (Å²) in [5.74, 6) is 3.48. The minimum absolute atomic E-state index is 0.0638. The fraction of sp³-hybridized carbons (Fsp3) is 0.654. The van der Waals surface area contributed by atoms with Crippen LogP contribution in [0, 0.1) is 28.6 Å². The van der Waals surface area contributed by atoms with Crippen molar-refractivity contribution in [3.63, 3.8) is 0 Å². The zero-order valence-corrected chi connectivity index (χ0v) is 19.3. The van der Waals surface area contributed by atoms with Gasteiger partial charge in [-0.25, -0.2) is 4.98 Å². The van der Waals surface area contributed by atoms with Crippen molar-refractivity contribution >= 4 is 23.3 Å². The lowest BCUT2D eigenvalue weighted by molar-refractivity contribution is -0.119. The van der Waals surface area contributed by atoms with E-state index in [9.17, 15) is 9.59 Å². The van der Waals surface area contributed by atoms with Crippen molar-refractivity contribution in [1.82, 2.24) is 14.3 Å². The molecule has 1 aliphatic heterocycles. The molecule has 4 saturated carbocycles. The van der Waals surface area contributed by atoms with Gasteiger partial charge in [0.2, 0.25) is 5.91 Å². The van der Waals surface area contributed by atoms with Crippen LogP contribution >= 0.6 is 0 Å². The number of methoxy groups -OCH3 is 1. The molecule has 1 N–H and O–H groups in total. The van der Waals surface area contributed by atoms with Crippen molar-refractivity contribution in [3.05, 3.63) is 30.1 Å². The largest absolute Gasteiger partial charge is 0.383 e. The second kappa shape index (κ2) is 6.81. The zero-order valence-electron chi connectivity index (χ0n) is 19.3. The maximum Gasteiger partial charge on any atom is 0.274 e. The summed E-state index contributed by atoms with van der Waals surface area (Å²) in [7, 11) is 1.67. The summed E-state index contributed by atoms with van der Waals surface area (Å²) in [5.41, 5.74) is 1.94. The molecule has 33 heavy (non-hydrogen) atoms. The summed E-state index contributed by atoms with van der Waals surface area (Å²) in [6.07, 6.45) is 10.9. The molecule has 174 valence electrons. The molecule has 7 rings (SSSR count). The number of anilines is 1. The maximum absolute atomic E-state index is 13.2. The van der Waals surface area contributed by atoms with Gasteiger partial charge in [-0.1, -0.05) is 6.07 Å². The van der Waals surface area contributed by atoms with Crippen molar-refractivity contribution in [3.8, 4) is 0 Å². The van der Waals surface area contributed by atoms with Crippen molar-refractivity contribution in [2.24, 2.45) is 28.6 Å². The summed E-state index contributed by atoms with van der Waals surface area (Å²) in [5, 5.41) is 3.16. The lowest BCUT2D eigenvalue weighted by Crippen LogP contribution is -2.38. The summed E-state index contributed by atoms with van der Waals surface area (Å²) in [6.45, 7) is 1.28. The van der Waals surface area contributed by atoms with Crippen LogP contribution in [-0.4, -0.2) is 52.4 Å². The summed E-state index contributed by atoms with van der Waals surface area (Å²) in [6, 6.07) is 5.77. The van der Waals surface area contributed by atoms with Gasteiger partial charge in [-0.2, -0.15) is 0 Å². The number of ether oxygens (including phenoxy) is 1. The lowest BCUT2D eigenvalue weighted by atomic mass is 9.69. The first-order valence-electron chi connectivity index (χ1n) is 12.6. The van der Waals surface area contributed by atoms with Gasteiger partial charge < -0.3 is 15.0 Å². The van der Waals surface area contributed by atoms with Gasteiger partial charge in [0.15, 0.2) is 0 Å². The molecule has 0 aromatic carbocycles. The van der Waals surface area contributed by atoms with E-state index in [2.05, 4.69) is 10.3 Å². The summed E-state index contributed by atoms with van der Waals surface area (Å²) >= 11 is 0. The summed E-state index contributed by atoms with van der Waals surface area (Å²) in [4.78, 5) is 32.8. The summed E-state index contributed by atoms with van der Waals surface area (Å²) < 4.78 is 7.14. The quantitative estimate of drug-likeness (QED) is 0.731. The predicted octanol–water partition coefficient (Wildman–Crippen LogP) is 3.74. The number of imidazole rings is 1. The molecule has 3 heterocycles. The van der Waals surface area contributed by atoms with E-state index in [1.165, 1.54) is 32.1 Å². The normalized spacial score (nSPS) is 37.7. The first kappa shape index (κ1) is 20.0. The molecule has 6 atom stereocenters. The van der Waals surface area contributed by atoms with E-state index in [1.54, 1.807) is 13.3 Å². The van der Waals surface area contributed by atoms with Crippen LogP contribution in [0.4, 0.5) is 5.82 Å². The third-order valence-electron chi connectivity index (χ3n) is 9.53. The van der Waals surface area contributed by atoms with Crippen LogP contribution in [-0.2, 0) is 9.53 Å². The standard InChI is InChI=1S/C26H32N4O3/c1-33-14-18-4-3-7-29(18)24(32)20-13-30-21(27-20)5-2-6-22(30)28-23(31)12-25-9-16-8-19(16)26(15-25)11-17(26)10-25/h2,5-6,13,16-19H,3-4,7-12,14-15H2,1H3,(H,28,31)/t16?,17?,18-,19?,25?,26?/m0/s1. The molecule has 7 heteroatoms. The molecule has 2 aromatic heterocycles. The molecule has 4 aliphatic carbocycles. The number of carbonyl (C=O) groups excluding carboxylic acids is 2. The minimum atomic E-state index is -0.0638. The minimum Gasteiger partial charge on any atom is -0.383 e. The average molecular weight is 449 g/mol. The molecule has 5 fully saturated rings. The van der Waals surface area contributed by atoms with Gasteiger partial charge in [0.25, 0.3) is 5.91 Å². The molecule has 7 nitrogen and oxygen atoms in total. The third-order valence-corrected chi connectivity index (χ3v) is 9.53.